The SMILES string of the molecule is Cc1cccc(CCC(O)Cc2ccsc2)c1. The fourth-order valence-electron chi connectivity index (χ4n) is 1.98. The third kappa shape index (κ3) is 3.99. The summed E-state index contributed by atoms with van der Waals surface area (Å²) in [6.07, 6.45) is 2.33. The Bertz CT molecular complexity index is 448. The van der Waals surface area contributed by atoms with Crippen molar-refractivity contribution in [2.24, 2.45) is 0 Å². The minimum atomic E-state index is -0.231. The molecule has 1 aromatic heterocycles. The number of hydrogen-bond acceptors (Lipinski definition) is 2. The van der Waals surface area contributed by atoms with Crippen LogP contribution in [0.25, 0.3) is 0 Å². The fraction of sp³-hybridized carbons (Fsp3) is 0.333. The molecule has 0 saturated heterocycles. The van der Waals surface area contributed by atoms with E-state index in [2.05, 4.69) is 48.0 Å². The van der Waals surface area contributed by atoms with Crippen LogP contribution in [0.4, 0.5) is 0 Å². The van der Waals surface area contributed by atoms with Crippen molar-refractivity contribution in [3.63, 3.8) is 0 Å². The molecule has 0 amide bonds. The second kappa shape index (κ2) is 5.99. The Morgan fingerprint density at radius 2 is 2.12 bits per heavy atom. The number of benzene rings is 1. The van der Waals surface area contributed by atoms with Gasteiger partial charge in [0, 0.05) is 0 Å². The highest BCUT2D eigenvalue weighted by Crippen LogP contribution is 2.13. The van der Waals surface area contributed by atoms with Gasteiger partial charge in [-0.05, 0) is 54.1 Å². The van der Waals surface area contributed by atoms with Crippen LogP contribution in [0.3, 0.4) is 0 Å². The van der Waals surface area contributed by atoms with Gasteiger partial charge in [0.15, 0.2) is 0 Å². The third-order valence-electron chi connectivity index (χ3n) is 2.90. The second-order valence-electron chi connectivity index (χ2n) is 4.52. The standard InChI is InChI=1S/C15H18OS/c1-12-3-2-4-13(9-12)5-6-15(16)10-14-7-8-17-11-14/h2-4,7-9,11,15-16H,5-6,10H2,1H3. The maximum Gasteiger partial charge on any atom is 0.0584 e. The van der Waals surface area contributed by atoms with E-state index in [4.69, 9.17) is 0 Å². The molecule has 1 heterocycles. The molecule has 1 N–H and O–H groups in total. The summed E-state index contributed by atoms with van der Waals surface area (Å²) in [7, 11) is 0. The van der Waals surface area contributed by atoms with E-state index < -0.39 is 0 Å². The molecular formula is C15H18OS. The first-order chi connectivity index (χ1) is 8.24. The van der Waals surface area contributed by atoms with E-state index in [1.807, 2.05) is 0 Å². The van der Waals surface area contributed by atoms with Gasteiger partial charge in [-0.2, -0.15) is 11.3 Å². The molecule has 0 aliphatic heterocycles. The molecule has 0 spiro atoms. The van der Waals surface area contributed by atoms with Crippen LogP contribution >= 0.6 is 11.3 Å². The molecule has 0 radical (unpaired) electrons. The summed E-state index contributed by atoms with van der Waals surface area (Å²) in [5.74, 6) is 0. The fourth-order valence-corrected chi connectivity index (χ4v) is 2.67. The first-order valence-corrected chi connectivity index (χ1v) is 6.93. The Kier molecular flexibility index (Phi) is 4.35. The predicted molar refractivity (Wildman–Crippen MR) is 73.5 cm³/mol. The van der Waals surface area contributed by atoms with Crippen LogP contribution in [-0.4, -0.2) is 11.2 Å². The normalized spacial score (nSPS) is 12.6. The molecule has 2 aromatic rings. The quantitative estimate of drug-likeness (QED) is 0.854. The third-order valence-corrected chi connectivity index (χ3v) is 3.63. The van der Waals surface area contributed by atoms with Gasteiger partial charge >= 0.3 is 0 Å². The Hall–Kier alpha value is -1.12. The number of aliphatic hydroxyl groups is 1. The summed E-state index contributed by atoms with van der Waals surface area (Å²) in [5.41, 5.74) is 3.84. The van der Waals surface area contributed by atoms with Crippen molar-refractivity contribution in [1.29, 1.82) is 0 Å². The molecule has 2 rings (SSSR count). The lowest BCUT2D eigenvalue weighted by molar-refractivity contribution is 0.165. The summed E-state index contributed by atoms with van der Waals surface area (Å²) in [6, 6.07) is 10.6. The number of aryl methyl sites for hydroxylation is 2. The molecule has 0 fully saturated rings. The lowest BCUT2D eigenvalue weighted by Gasteiger charge is -2.09. The number of hydrogen-bond donors (Lipinski definition) is 1. The van der Waals surface area contributed by atoms with Crippen LogP contribution in [0.1, 0.15) is 23.1 Å². The van der Waals surface area contributed by atoms with Gasteiger partial charge in [0.1, 0.15) is 0 Å². The van der Waals surface area contributed by atoms with E-state index in [1.54, 1.807) is 11.3 Å². The van der Waals surface area contributed by atoms with Gasteiger partial charge in [-0.1, -0.05) is 29.8 Å². The molecule has 0 saturated carbocycles. The lowest BCUT2D eigenvalue weighted by atomic mass is 10.0. The van der Waals surface area contributed by atoms with Gasteiger partial charge < -0.3 is 5.11 Å². The second-order valence-corrected chi connectivity index (χ2v) is 5.30. The molecule has 17 heavy (non-hydrogen) atoms. The summed E-state index contributed by atoms with van der Waals surface area (Å²) >= 11 is 1.69. The van der Waals surface area contributed by atoms with Gasteiger partial charge in [-0.3, -0.25) is 0 Å². The van der Waals surface area contributed by atoms with Crippen LogP contribution in [0, 0.1) is 6.92 Å². The van der Waals surface area contributed by atoms with Gasteiger partial charge in [0.25, 0.3) is 0 Å². The Morgan fingerprint density at radius 3 is 2.82 bits per heavy atom. The van der Waals surface area contributed by atoms with Crippen molar-refractivity contribution in [1.82, 2.24) is 0 Å². The maximum atomic E-state index is 9.96. The van der Waals surface area contributed by atoms with Crippen LogP contribution in [0.5, 0.6) is 0 Å². The highest BCUT2D eigenvalue weighted by molar-refractivity contribution is 7.07. The Morgan fingerprint density at radius 1 is 1.24 bits per heavy atom. The minimum absolute atomic E-state index is 0.231. The van der Waals surface area contributed by atoms with Crippen LogP contribution in [0.2, 0.25) is 0 Å². The monoisotopic (exact) mass is 246 g/mol. The average Bonchev–Trinajstić information content (AvgIpc) is 2.79. The topological polar surface area (TPSA) is 20.2 Å². The first kappa shape index (κ1) is 12.3. The highest BCUT2D eigenvalue weighted by atomic mass is 32.1. The Labute approximate surface area is 107 Å². The summed E-state index contributed by atoms with van der Waals surface area (Å²) in [5, 5.41) is 14.1. The van der Waals surface area contributed by atoms with E-state index in [1.165, 1.54) is 16.7 Å². The minimum Gasteiger partial charge on any atom is -0.393 e. The zero-order valence-electron chi connectivity index (χ0n) is 10.1. The highest BCUT2D eigenvalue weighted by Gasteiger charge is 2.06. The molecule has 0 aliphatic carbocycles. The molecule has 90 valence electrons. The Balaban J connectivity index is 1.82. The van der Waals surface area contributed by atoms with Crippen molar-refractivity contribution < 1.29 is 5.11 Å². The molecule has 1 aromatic carbocycles. The van der Waals surface area contributed by atoms with E-state index in [0.717, 1.165) is 19.3 Å². The summed E-state index contributed by atoms with van der Waals surface area (Å²) < 4.78 is 0. The molecule has 0 bridgehead atoms. The van der Waals surface area contributed by atoms with Crippen molar-refractivity contribution in [2.75, 3.05) is 0 Å². The number of rotatable bonds is 5. The summed E-state index contributed by atoms with van der Waals surface area (Å²) in [4.78, 5) is 0. The zero-order valence-corrected chi connectivity index (χ0v) is 10.9. The van der Waals surface area contributed by atoms with Crippen LogP contribution in [-0.2, 0) is 12.8 Å². The van der Waals surface area contributed by atoms with Crippen molar-refractivity contribution >= 4 is 11.3 Å². The molecule has 1 nitrogen and oxygen atoms in total. The number of thiophene rings is 1. The molecular weight excluding hydrogens is 228 g/mol. The smallest absolute Gasteiger partial charge is 0.0584 e. The van der Waals surface area contributed by atoms with Gasteiger partial charge in [-0.25, -0.2) is 0 Å². The van der Waals surface area contributed by atoms with E-state index in [-0.39, 0.29) is 6.10 Å². The van der Waals surface area contributed by atoms with Crippen LogP contribution in [0.15, 0.2) is 41.1 Å². The van der Waals surface area contributed by atoms with Gasteiger partial charge in [0.2, 0.25) is 0 Å². The first-order valence-electron chi connectivity index (χ1n) is 5.99. The van der Waals surface area contributed by atoms with E-state index in [0.29, 0.717) is 0 Å². The summed E-state index contributed by atoms with van der Waals surface area (Å²) in [6.45, 7) is 2.10. The van der Waals surface area contributed by atoms with Gasteiger partial charge in [-0.15, -0.1) is 0 Å². The molecule has 0 aliphatic rings. The van der Waals surface area contributed by atoms with Crippen molar-refractivity contribution in [3.05, 3.63) is 57.8 Å². The van der Waals surface area contributed by atoms with E-state index >= 15 is 0 Å². The van der Waals surface area contributed by atoms with Gasteiger partial charge in [0.05, 0.1) is 6.10 Å². The van der Waals surface area contributed by atoms with E-state index in [9.17, 15) is 5.11 Å². The largest absolute Gasteiger partial charge is 0.393 e. The van der Waals surface area contributed by atoms with Crippen molar-refractivity contribution in [2.45, 2.75) is 32.3 Å². The molecule has 2 heteroatoms. The zero-order chi connectivity index (χ0) is 12.1. The predicted octanol–water partition coefficient (Wildman–Crippen LogP) is 3.59. The molecule has 1 atom stereocenters. The number of aliphatic hydroxyl groups excluding tert-OH is 1. The van der Waals surface area contributed by atoms with Crippen molar-refractivity contribution in [3.8, 4) is 0 Å². The van der Waals surface area contributed by atoms with Crippen LogP contribution < -0.4 is 0 Å². The maximum absolute atomic E-state index is 9.96. The average molecular weight is 246 g/mol. The molecule has 1 unspecified atom stereocenters. The lowest BCUT2D eigenvalue weighted by Crippen LogP contribution is -2.11.